The first-order valence-electron chi connectivity index (χ1n) is 12.0. The molecule has 176 valence electrons. The summed E-state index contributed by atoms with van der Waals surface area (Å²) in [4.78, 5) is 16.5. The molecule has 33 heavy (non-hydrogen) atoms. The normalized spacial score (nSPS) is 26.3. The van der Waals surface area contributed by atoms with E-state index in [0.29, 0.717) is 13.2 Å². The maximum Gasteiger partial charge on any atom is 0.234 e. The quantitative estimate of drug-likeness (QED) is 0.727. The monoisotopic (exact) mass is 451 g/mol. The predicted molar refractivity (Wildman–Crippen MR) is 125 cm³/mol. The van der Waals surface area contributed by atoms with Crippen LogP contribution in [0.2, 0.25) is 0 Å². The molecule has 2 saturated heterocycles. The molecule has 7 nitrogen and oxygen atoms in total. The Morgan fingerprint density at radius 3 is 2.58 bits per heavy atom. The molecule has 2 aromatic rings. The number of para-hydroxylation sites is 1. The number of hydrogen-bond donors (Lipinski definition) is 1. The van der Waals surface area contributed by atoms with Gasteiger partial charge in [0.2, 0.25) is 11.7 Å². The van der Waals surface area contributed by atoms with Crippen molar-refractivity contribution in [1.82, 2.24) is 9.80 Å². The van der Waals surface area contributed by atoms with Crippen molar-refractivity contribution in [1.29, 1.82) is 0 Å². The highest BCUT2D eigenvalue weighted by atomic mass is 16.7. The van der Waals surface area contributed by atoms with Gasteiger partial charge in [0.15, 0.2) is 0 Å². The number of fused-ring (bicyclic) bond motifs is 4. The standard InChI is InChI=1S/C26H33N3O4/c1-2-7-23(25(27)30)29-14-12-28(13-15-29)16-20-18-32-26(33-20)21-9-4-3-8-19(21)17-31-24-11-6-5-10-22(24)26/h3-6,8-11,20,23H,2,7,12-18H2,1H3,(H2,27,30). The Balaban J connectivity index is 1.30. The molecule has 0 bridgehead atoms. The zero-order chi connectivity index (χ0) is 22.8. The zero-order valence-corrected chi connectivity index (χ0v) is 19.2. The van der Waals surface area contributed by atoms with Crippen LogP contribution < -0.4 is 10.5 Å². The molecule has 2 N–H and O–H groups in total. The molecule has 3 aliphatic heterocycles. The first-order valence-corrected chi connectivity index (χ1v) is 12.0. The highest BCUT2D eigenvalue weighted by molar-refractivity contribution is 5.79. The molecule has 0 aromatic heterocycles. The minimum absolute atomic E-state index is 0.0571. The molecule has 1 spiro atoms. The summed E-state index contributed by atoms with van der Waals surface area (Å²) in [5.74, 6) is -0.363. The largest absolute Gasteiger partial charge is 0.488 e. The fourth-order valence-corrected chi connectivity index (χ4v) is 5.34. The third-order valence-corrected chi connectivity index (χ3v) is 7.00. The van der Waals surface area contributed by atoms with E-state index in [9.17, 15) is 4.79 Å². The Hall–Kier alpha value is -2.45. The van der Waals surface area contributed by atoms with Gasteiger partial charge >= 0.3 is 0 Å². The molecule has 3 atom stereocenters. The molecule has 5 rings (SSSR count). The Kier molecular flexibility index (Phi) is 6.38. The van der Waals surface area contributed by atoms with Crippen LogP contribution in [-0.4, -0.2) is 67.2 Å². The van der Waals surface area contributed by atoms with Gasteiger partial charge in [0.1, 0.15) is 12.4 Å². The minimum Gasteiger partial charge on any atom is -0.488 e. The van der Waals surface area contributed by atoms with Crippen LogP contribution in [0.15, 0.2) is 48.5 Å². The van der Waals surface area contributed by atoms with Gasteiger partial charge in [0, 0.05) is 38.3 Å². The SMILES string of the molecule is CCCC(C(N)=O)N1CCN(CC2COC3(O2)c2ccccc2COc2ccccc23)CC1. The van der Waals surface area contributed by atoms with Gasteiger partial charge in [-0.3, -0.25) is 14.6 Å². The zero-order valence-electron chi connectivity index (χ0n) is 19.2. The third kappa shape index (κ3) is 4.26. The number of amides is 1. The first kappa shape index (κ1) is 22.3. The van der Waals surface area contributed by atoms with E-state index in [1.54, 1.807) is 0 Å². The lowest BCUT2D eigenvalue weighted by Crippen LogP contribution is -2.55. The van der Waals surface area contributed by atoms with Crippen molar-refractivity contribution in [3.8, 4) is 5.75 Å². The summed E-state index contributed by atoms with van der Waals surface area (Å²) < 4.78 is 19.3. The van der Waals surface area contributed by atoms with Gasteiger partial charge in [-0.1, -0.05) is 49.7 Å². The predicted octanol–water partition coefficient (Wildman–Crippen LogP) is 2.47. The van der Waals surface area contributed by atoms with Crippen LogP contribution in [0, 0.1) is 0 Å². The molecule has 0 saturated carbocycles. The van der Waals surface area contributed by atoms with Gasteiger partial charge < -0.3 is 19.9 Å². The van der Waals surface area contributed by atoms with Crippen LogP contribution in [0.25, 0.3) is 0 Å². The molecule has 0 radical (unpaired) electrons. The maximum absolute atomic E-state index is 11.9. The summed E-state index contributed by atoms with van der Waals surface area (Å²) in [6, 6.07) is 16.0. The third-order valence-electron chi connectivity index (χ3n) is 7.00. The summed E-state index contributed by atoms with van der Waals surface area (Å²) in [7, 11) is 0. The molecule has 3 unspecified atom stereocenters. The van der Waals surface area contributed by atoms with Crippen LogP contribution in [-0.2, 0) is 26.7 Å². The lowest BCUT2D eigenvalue weighted by atomic mass is 9.93. The second kappa shape index (κ2) is 9.43. The number of carbonyl (C=O) groups excluding carboxylic acids is 1. The summed E-state index contributed by atoms with van der Waals surface area (Å²) in [6.45, 7) is 7.34. The summed E-state index contributed by atoms with van der Waals surface area (Å²) in [5, 5.41) is 0. The number of benzene rings is 2. The molecular formula is C26H33N3O4. The number of ether oxygens (including phenoxy) is 3. The van der Waals surface area contributed by atoms with Crippen LogP contribution in [0.4, 0.5) is 0 Å². The number of carbonyl (C=O) groups is 1. The van der Waals surface area contributed by atoms with E-state index in [0.717, 1.165) is 68.0 Å². The Morgan fingerprint density at radius 1 is 1.09 bits per heavy atom. The van der Waals surface area contributed by atoms with Crippen LogP contribution in [0.1, 0.15) is 36.5 Å². The van der Waals surface area contributed by atoms with E-state index in [1.165, 1.54) is 0 Å². The van der Waals surface area contributed by atoms with Crippen molar-refractivity contribution in [2.24, 2.45) is 5.73 Å². The smallest absolute Gasteiger partial charge is 0.234 e. The summed E-state index contributed by atoms with van der Waals surface area (Å²) >= 11 is 0. The van der Waals surface area contributed by atoms with Crippen LogP contribution in [0.5, 0.6) is 5.75 Å². The fourth-order valence-electron chi connectivity index (χ4n) is 5.34. The molecule has 3 aliphatic rings. The van der Waals surface area contributed by atoms with Crippen molar-refractivity contribution >= 4 is 5.91 Å². The summed E-state index contributed by atoms with van der Waals surface area (Å²) in [5.41, 5.74) is 8.67. The van der Waals surface area contributed by atoms with Crippen molar-refractivity contribution in [3.63, 3.8) is 0 Å². The second-order valence-electron chi connectivity index (χ2n) is 9.15. The average molecular weight is 452 g/mol. The van der Waals surface area contributed by atoms with Gasteiger partial charge in [0.25, 0.3) is 0 Å². The number of hydrogen-bond acceptors (Lipinski definition) is 6. The number of rotatable bonds is 6. The highest BCUT2D eigenvalue weighted by Gasteiger charge is 2.49. The lowest BCUT2D eigenvalue weighted by Gasteiger charge is -2.39. The van der Waals surface area contributed by atoms with E-state index in [4.69, 9.17) is 19.9 Å². The molecular weight excluding hydrogens is 418 g/mol. The van der Waals surface area contributed by atoms with Crippen molar-refractivity contribution in [2.75, 3.05) is 39.3 Å². The van der Waals surface area contributed by atoms with Gasteiger partial charge in [-0.15, -0.1) is 0 Å². The van der Waals surface area contributed by atoms with Crippen molar-refractivity contribution in [2.45, 2.75) is 44.3 Å². The van der Waals surface area contributed by atoms with Crippen molar-refractivity contribution < 1.29 is 19.0 Å². The first-order chi connectivity index (χ1) is 16.1. The number of nitrogens with zero attached hydrogens (tertiary/aromatic N) is 2. The van der Waals surface area contributed by atoms with Gasteiger partial charge in [-0.25, -0.2) is 0 Å². The van der Waals surface area contributed by atoms with E-state index in [-0.39, 0.29) is 18.1 Å². The Morgan fingerprint density at radius 2 is 1.82 bits per heavy atom. The fraction of sp³-hybridized carbons (Fsp3) is 0.500. The van der Waals surface area contributed by atoms with Gasteiger partial charge in [-0.05, 0) is 24.1 Å². The van der Waals surface area contributed by atoms with Crippen molar-refractivity contribution in [3.05, 3.63) is 65.2 Å². The number of primary amides is 1. The topological polar surface area (TPSA) is 77.3 Å². The molecule has 2 fully saturated rings. The minimum atomic E-state index is -0.950. The Bertz CT molecular complexity index is 942. The number of piperazine rings is 1. The lowest BCUT2D eigenvalue weighted by molar-refractivity contribution is -0.145. The molecule has 2 aromatic carbocycles. The maximum atomic E-state index is 11.9. The van der Waals surface area contributed by atoms with E-state index in [2.05, 4.69) is 28.9 Å². The number of nitrogens with two attached hydrogens (primary N) is 1. The molecule has 1 amide bonds. The molecule has 3 heterocycles. The van der Waals surface area contributed by atoms with E-state index < -0.39 is 5.79 Å². The van der Waals surface area contributed by atoms with Gasteiger partial charge in [0.05, 0.1) is 24.3 Å². The van der Waals surface area contributed by atoms with Gasteiger partial charge in [-0.2, -0.15) is 0 Å². The van der Waals surface area contributed by atoms with E-state index in [1.807, 2.05) is 36.4 Å². The Labute approximate surface area is 195 Å². The highest BCUT2D eigenvalue weighted by Crippen LogP contribution is 2.47. The van der Waals surface area contributed by atoms with Crippen LogP contribution >= 0.6 is 0 Å². The van der Waals surface area contributed by atoms with E-state index >= 15 is 0 Å². The molecule has 0 aliphatic carbocycles. The van der Waals surface area contributed by atoms with Crippen LogP contribution in [0.3, 0.4) is 0 Å². The molecule has 7 heteroatoms. The average Bonchev–Trinajstić information content (AvgIpc) is 3.20. The summed E-state index contributed by atoms with van der Waals surface area (Å²) in [6.07, 6.45) is 1.71. The second-order valence-corrected chi connectivity index (χ2v) is 9.15.